The van der Waals surface area contributed by atoms with E-state index in [9.17, 15) is 57.6 Å². The molecule has 0 fully saturated rings. The molecule has 0 aromatic heterocycles. The van der Waals surface area contributed by atoms with Crippen molar-refractivity contribution < 1.29 is 57.6 Å². The van der Waals surface area contributed by atoms with Gasteiger partial charge in [0.2, 0.25) is 0 Å². The second-order valence-corrected chi connectivity index (χ2v) is 10.3. The Kier molecular flexibility index (Phi) is 8.64. The van der Waals surface area contributed by atoms with Gasteiger partial charge in [0.05, 0.1) is 0 Å². The summed E-state index contributed by atoms with van der Waals surface area (Å²) in [6.45, 7) is 4.46. The minimum Gasteiger partial charge on any atom is -0.743 e. The van der Waals surface area contributed by atoms with Crippen LogP contribution in [0.2, 0.25) is 0 Å². The van der Waals surface area contributed by atoms with Crippen molar-refractivity contribution in [3.05, 3.63) is 36.4 Å². The zero-order valence-corrected chi connectivity index (χ0v) is 18.4. The highest BCUT2D eigenvalue weighted by molar-refractivity contribution is 7.97. The molecule has 0 aliphatic carbocycles. The normalized spacial score (nSPS) is 13.7. The van der Waals surface area contributed by atoms with Gasteiger partial charge in [-0.05, 0) is 32.0 Å². The molecule has 15 heteroatoms. The quantitative estimate of drug-likeness (QED) is 0.302. The van der Waals surface area contributed by atoms with Crippen molar-refractivity contribution >= 4 is 31.8 Å². The molecule has 0 saturated carbocycles. The summed E-state index contributed by atoms with van der Waals surface area (Å²) in [5.74, 6) is -12.1. The van der Waals surface area contributed by atoms with Gasteiger partial charge in [-0.2, -0.15) is 39.5 Å². The van der Waals surface area contributed by atoms with E-state index in [1.165, 1.54) is 21.8 Å². The first-order valence-electron chi connectivity index (χ1n) is 8.81. The van der Waals surface area contributed by atoms with Gasteiger partial charge in [-0.1, -0.05) is 18.2 Å². The van der Waals surface area contributed by atoms with Gasteiger partial charge in [-0.15, -0.1) is 0 Å². The average Bonchev–Trinajstić information content (AvgIpc) is 2.69. The zero-order chi connectivity index (χ0) is 26.0. The van der Waals surface area contributed by atoms with Crippen LogP contribution >= 0.6 is 0 Å². The van der Waals surface area contributed by atoms with E-state index >= 15 is 0 Å². The fourth-order valence-electron chi connectivity index (χ4n) is 2.54. The van der Waals surface area contributed by atoms with Crippen LogP contribution in [-0.2, 0) is 21.0 Å². The highest BCUT2D eigenvalue weighted by Gasteiger charge is 2.83. The van der Waals surface area contributed by atoms with Gasteiger partial charge in [0.25, 0.3) is 0 Å². The highest BCUT2D eigenvalue weighted by Crippen LogP contribution is 2.54. The third-order valence-electron chi connectivity index (χ3n) is 4.30. The van der Waals surface area contributed by atoms with E-state index in [0.717, 1.165) is 5.39 Å². The molecule has 0 unspecified atom stereocenters. The molecule has 0 spiro atoms. The minimum atomic E-state index is -7.43. The predicted octanol–water partition coefficient (Wildman–Crippen LogP) is 5.52. The van der Waals surface area contributed by atoms with Crippen molar-refractivity contribution in [2.24, 2.45) is 0 Å². The van der Waals surface area contributed by atoms with Crippen molar-refractivity contribution in [3.8, 4) is 5.75 Å². The summed E-state index contributed by atoms with van der Waals surface area (Å²) >= 11 is 0. The van der Waals surface area contributed by atoms with Gasteiger partial charge in [0.15, 0.2) is 15.0 Å². The number of hydrogen-bond acceptors (Lipinski definition) is 4. The second-order valence-electron chi connectivity index (χ2n) is 6.32. The average molecular weight is 532 g/mol. The third kappa shape index (κ3) is 5.45. The van der Waals surface area contributed by atoms with Crippen molar-refractivity contribution in [2.75, 3.05) is 11.5 Å². The molecule has 1 N–H and O–H groups in total. The van der Waals surface area contributed by atoms with Gasteiger partial charge in [-0.3, -0.25) is 0 Å². The molecule has 2 aromatic carbocycles. The first-order chi connectivity index (χ1) is 14.8. The maximum absolute atomic E-state index is 12.2. The highest BCUT2D eigenvalue weighted by atomic mass is 32.2. The van der Waals surface area contributed by atoms with Gasteiger partial charge in [-0.25, -0.2) is 8.42 Å². The number of phenolic OH excluding ortho intramolecular Hbond substituents is 1. The topological polar surface area (TPSA) is 77.4 Å². The lowest BCUT2D eigenvalue weighted by Gasteiger charge is -2.34. The molecule has 0 amide bonds. The van der Waals surface area contributed by atoms with Crippen molar-refractivity contribution in [3.63, 3.8) is 0 Å². The van der Waals surface area contributed by atoms with E-state index < -0.39 is 33.4 Å². The van der Waals surface area contributed by atoms with Gasteiger partial charge in [0.1, 0.15) is 17.3 Å². The van der Waals surface area contributed by atoms with Crippen LogP contribution < -0.4 is 0 Å². The van der Waals surface area contributed by atoms with E-state index in [4.69, 9.17) is 0 Å². The van der Waals surface area contributed by atoms with Gasteiger partial charge < -0.3 is 9.66 Å². The molecule has 188 valence electrons. The zero-order valence-electron chi connectivity index (χ0n) is 16.8. The Balaban J connectivity index is 0.000000330. The van der Waals surface area contributed by atoms with Crippen molar-refractivity contribution in [1.82, 2.24) is 0 Å². The molecule has 0 aliphatic heterocycles. The first kappa shape index (κ1) is 29.2. The molecule has 2 aromatic rings. The first-order valence-corrected chi connectivity index (χ1v) is 11.8. The summed E-state index contributed by atoms with van der Waals surface area (Å²) in [7, 11) is -7.11. The number of fused-ring (bicyclic) bond motifs is 1. The van der Waals surface area contributed by atoms with Crippen LogP contribution in [0.1, 0.15) is 13.8 Å². The second kappa shape index (κ2) is 9.78. The Morgan fingerprint density at radius 2 is 1.27 bits per heavy atom. The number of phenols is 1. The van der Waals surface area contributed by atoms with Crippen LogP contribution in [0.15, 0.2) is 41.3 Å². The molecule has 0 radical (unpaired) electrons. The van der Waals surface area contributed by atoms with Gasteiger partial charge >= 0.3 is 23.3 Å². The number of rotatable bonds is 6. The van der Waals surface area contributed by atoms with E-state index in [0.29, 0.717) is 16.6 Å². The molecule has 0 atom stereocenters. The van der Waals surface area contributed by atoms with E-state index in [2.05, 4.69) is 26.0 Å². The van der Waals surface area contributed by atoms with Crippen molar-refractivity contribution in [1.29, 1.82) is 0 Å². The lowest BCUT2D eigenvalue weighted by molar-refractivity contribution is -0.382. The largest absolute Gasteiger partial charge is 0.743 e. The van der Waals surface area contributed by atoms with Crippen LogP contribution in [0.4, 0.5) is 39.5 Å². The fraction of sp³-hybridized carbons (Fsp3) is 0.444. The Hall–Kier alpha value is -1.87. The van der Waals surface area contributed by atoms with E-state index in [1.54, 1.807) is 0 Å². The summed E-state index contributed by atoms with van der Waals surface area (Å²) in [4.78, 5) is 1.39. The van der Waals surface area contributed by atoms with Crippen LogP contribution in [0.3, 0.4) is 0 Å². The summed E-state index contributed by atoms with van der Waals surface area (Å²) in [6, 6.07) is 12.0. The molecule has 0 heterocycles. The maximum Gasteiger partial charge on any atom is 0.460 e. The Morgan fingerprint density at radius 3 is 1.67 bits per heavy atom. The molecule has 0 saturated heterocycles. The summed E-state index contributed by atoms with van der Waals surface area (Å²) in [6.07, 6.45) is -7.16. The summed E-state index contributed by atoms with van der Waals surface area (Å²) in [5.41, 5.74) is 0. The van der Waals surface area contributed by atoms with E-state index in [1.807, 2.05) is 24.3 Å². The molecule has 33 heavy (non-hydrogen) atoms. The standard InChI is InChI=1S/C14H16OS.C4HF9O3S/c1-3-16(4-2)14-10-9-13(15)11-7-5-6-8-12(11)14;5-1(6,3(9,10)11)2(7,8)4(12,13)17(14,15)16/h5-10H,3-4H2,1-2H3;(H,14,15,16). The molecule has 2 rings (SSSR count). The Labute approximate surface area is 185 Å². The smallest absolute Gasteiger partial charge is 0.460 e. The summed E-state index contributed by atoms with van der Waals surface area (Å²) in [5, 5.41) is 4.89. The number of alkyl halides is 9. The van der Waals surface area contributed by atoms with E-state index in [-0.39, 0.29) is 0 Å². The predicted molar refractivity (Wildman–Crippen MR) is 103 cm³/mol. The maximum atomic E-state index is 12.2. The van der Waals surface area contributed by atoms with Crippen LogP contribution in [-0.4, -0.2) is 52.9 Å². The number of hydrogen-bond donors (Lipinski definition) is 1. The molecular formula is C18H17F9O4S2. The summed E-state index contributed by atoms with van der Waals surface area (Å²) < 4.78 is 135. The molecule has 0 bridgehead atoms. The minimum absolute atomic E-state index is 0.304. The Morgan fingerprint density at radius 1 is 0.818 bits per heavy atom. The molecule has 0 aliphatic rings. The molecule has 4 nitrogen and oxygen atoms in total. The SMILES string of the molecule is CC[S+](CC)c1ccc(O)c2ccccc12.O=S(=O)([O-])C(F)(F)C(F)(F)C(F)(F)C(F)(F)F. The third-order valence-corrected chi connectivity index (χ3v) is 7.56. The van der Waals surface area contributed by atoms with Crippen LogP contribution in [0.5, 0.6) is 5.75 Å². The molecular weight excluding hydrogens is 515 g/mol. The number of benzene rings is 2. The number of aromatic hydroxyl groups is 1. The fourth-order valence-corrected chi connectivity index (χ4v) is 4.76. The monoisotopic (exact) mass is 532 g/mol. The van der Waals surface area contributed by atoms with Crippen LogP contribution in [0.25, 0.3) is 10.8 Å². The van der Waals surface area contributed by atoms with Gasteiger partial charge in [0, 0.05) is 21.7 Å². The lowest BCUT2D eigenvalue weighted by atomic mass is 10.1. The number of halogens is 9. The lowest BCUT2D eigenvalue weighted by Crippen LogP contribution is -2.63. The van der Waals surface area contributed by atoms with Crippen molar-refractivity contribution in [2.45, 2.75) is 42.0 Å². The van der Waals surface area contributed by atoms with Crippen LogP contribution in [0, 0.1) is 0 Å². The Bertz CT molecular complexity index is 1070.